The van der Waals surface area contributed by atoms with Gasteiger partial charge in [-0.3, -0.25) is 9.69 Å². The quantitative estimate of drug-likeness (QED) is 0.776. The highest BCUT2D eigenvalue weighted by Crippen LogP contribution is 2.23. The number of para-hydroxylation sites is 1. The third-order valence-electron chi connectivity index (χ3n) is 4.79. The van der Waals surface area contributed by atoms with E-state index in [2.05, 4.69) is 11.5 Å². The van der Waals surface area contributed by atoms with E-state index < -0.39 is 0 Å². The first-order chi connectivity index (χ1) is 11.8. The molecular formula is C19H26N2O3. The molecule has 2 fully saturated rings. The van der Waals surface area contributed by atoms with E-state index >= 15 is 0 Å². The lowest BCUT2D eigenvalue weighted by atomic mass is 10.0. The minimum absolute atomic E-state index is 0.0649. The van der Waals surface area contributed by atoms with E-state index in [9.17, 15) is 4.79 Å². The van der Waals surface area contributed by atoms with Gasteiger partial charge in [0.1, 0.15) is 12.4 Å². The van der Waals surface area contributed by atoms with Crippen LogP contribution in [0.4, 0.5) is 0 Å². The Bertz CT molecular complexity index is 561. The molecule has 0 aliphatic carbocycles. The topological polar surface area (TPSA) is 42.0 Å². The van der Waals surface area contributed by atoms with E-state index in [-0.39, 0.29) is 5.91 Å². The van der Waals surface area contributed by atoms with Crippen LogP contribution in [0, 0.1) is 0 Å². The largest absolute Gasteiger partial charge is 0.489 e. The molecule has 3 rings (SSSR count). The Kier molecular flexibility index (Phi) is 5.88. The zero-order valence-electron chi connectivity index (χ0n) is 14.2. The molecule has 0 radical (unpaired) electrons. The first-order valence-corrected chi connectivity index (χ1v) is 8.73. The van der Waals surface area contributed by atoms with Gasteiger partial charge in [0.15, 0.2) is 0 Å². The van der Waals surface area contributed by atoms with Crippen molar-refractivity contribution in [1.29, 1.82) is 0 Å². The summed E-state index contributed by atoms with van der Waals surface area (Å²) in [6.45, 7) is 9.34. The summed E-state index contributed by atoms with van der Waals surface area (Å²) in [4.78, 5) is 17.3. The van der Waals surface area contributed by atoms with E-state index in [1.54, 1.807) is 6.08 Å². The van der Waals surface area contributed by atoms with Gasteiger partial charge in [-0.25, -0.2) is 0 Å². The number of carbonyl (C=O) groups excluding carboxylic acids is 1. The molecule has 1 aromatic carbocycles. The summed E-state index contributed by atoms with van der Waals surface area (Å²) < 4.78 is 11.1. The predicted molar refractivity (Wildman–Crippen MR) is 93.5 cm³/mol. The van der Waals surface area contributed by atoms with Crippen LogP contribution in [0.25, 0.3) is 0 Å². The lowest BCUT2D eigenvalue weighted by Gasteiger charge is -2.40. The summed E-state index contributed by atoms with van der Waals surface area (Å²) in [5.41, 5.74) is 0.643. The Morgan fingerprint density at radius 3 is 2.62 bits per heavy atom. The van der Waals surface area contributed by atoms with Gasteiger partial charge < -0.3 is 14.4 Å². The van der Waals surface area contributed by atoms with Crippen molar-refractivity contribution < 1.29 is 14.3 Å². The molecule has 0 bridgehead atoms. The maximum Gasteiger partial charge on any atom is 0.257 e. The molecule has 0 spiro atoms. The monoisotopic (exact) mass is 330 g/mol. The average molecular weight is 330 g/mol. The van der Waals surface area contributed by atoms with Gasteiger partial charge in [-0.15, -0.1) is 0 Å². The molecule has 130 valence electrons. The Morgan fingerprint density at radius 2 is 1.92 bits per heavy atom. The third-order valence-corrected chi connectivity index (χ3v) is 4.79. The van der Waals surface area contributed by atoms with Crippen LogP contribution in [0.2, 0.25) is 0 Å². The molecule has 2 saturated heterocycles. The number of carbonyl (C=O) groups is 1. The third kappa shape index (κ3) is 3.97. The number of piperidine rings is 1. The van der Waals surface area contributed by atoms with Gasteiger partial charge in [-0.1, -0.05) is 24.8 Å². The predicted octanol–water partition coefficient (Wildman–Crippen LogP) is 2.19. The second-order valence-electron chi connectivity index (χ2n) is 6.27. The fraction of sp³-hybridized carbons (Fsp3) is 0.526. The van der Waals surface area contributed by atoms with Crippen LogP contribution in [-0.4, -0.2) is 67.7 Å². The van der Waals surface area contributed by atoms with Gasteiger partial charge in [0.25, 0.3) is 5.91 Å². The summed E-state index contributed by atoms with van der Waals surface area (Å²) in [7, 11) is 0. The standard InChI is InChI=1S/C19H26N2O3/c1-2-13-24-18-6-4-3-5-17(18)19(22)21-9-7-16(8-10-21)20-11-14-23-15-12-20/h2-6,16H,1,7-15H2. The molecular weight excluding hydrogens is 304 g/mol. The van der Waals surface area contributed by atoms with Crippen LogP contribution in [0.5, 0.6) is 5.75 Å². The van der Waals surface area contributed by atoms with Crippen molar-refractivity contribution >= 4 is 5.91 Å². The molecule has 2 heterocycles. The number of hydrogen-bond donors (Lipinski definition) is 0. The van der Waals surface area contributed by atoms with Crippen LogP contribution in [0.1, 0.15) is 23.2 Å². The zero-order valence-corrected chi connectivity index (χ0v) is 14.2. The molecule has 0 aromatic heterocycles. The number of benzene rings is 1. The zero-order chi connectivity index (χ0) is 16.8. The summed E-state index contributed by atoms with van der Waals surface area (Å²) in [6, 6.07) is 8.03. The van der Waals surface area contributed by atoms with E-state index in [1.807, 2.05) is 29.2 Å². The molecule has 0 atom stereocenters. The van der Waals surface area contributed by atoms with E-state index in [0.29, 0.717) is 24.0 Å². The van der Waals surface area contributed by atoms with Gasteiger partial charge in [-0.2, -0.15) is 0 Å². The maximum atomic E-state index is 12.9. The summed E-state index contributed by atoms with van der Waals surface area (Å²) in [5, 5.41) is 0. The van der Waals surface area contributed by atoms with Gasteiger partial charge in [-0.05, 0) is 25.0 Å². The number of morpholine rings is 1. The summed E-state index contributed by atoms with van der Waals surface area (Å²) in [5.74, 6) is 0.702. The Morgan fingerprint density at radius 1 is 1.21 bits per heavy atom. The average Bonchev–Trinajstić information content (AvgIpc) is 2.67. The van der Waals surface area contributed by atoms with Gasteiger partial charge in [0, 0.05) is 32.2 Å². The second kappa shape index (κ2) is 8.31. The number of rotatable bonds is 5. The van der Waals surface area contributed by atoms with Crippen LogP contribution in [0.15, 0.2) is 36.9 Å². The molecule has 0 N–H and O–H groups in total. The van der Waals surface area contributed by atoms with Crippen molar-refractivity contribution in [3.8, 4) is 5.75 Å². The SMILES string of the molecule is C=CCOc1ccccc1C(=O)N1CCC(N2CCOCC2)CC1. The lowest BCUT2D eigenvalue weighted by molar-refractivity contribution is 0.00155. The second-order valence-corrected chi connectivity index (χ2v) is 6.27. The van der Waals surface area contributed by atoms with E-state index in [1.165, 1.54) is 0 Å². The van der Waals surface area contributed by atoms with E-state index in [0.717, 1.165) is 52.2 Å². The smallest absolute Gasteiger partial charge is 0.257 e. The van der Waals surface area contributed by atoms with Crippen LogP contribution in [0.3, 0.4) is 0 Å². The van der Waals surface area contributed by atoms with Crippen molar-refractivity contribution in [2.45, 2.75) is 18.9 Å². The molecule has 1 aromatic rings. The number of amides is 1. The number of likely N-dealkylation sites (tertiary alicyclic amines) is 1. The van der Waals surface area contributed by atoms with E-state index in [4.69, 9.17) is 9.47 Å². The Labute approximate surface area is 143 Å². The van der Waals surface area contributed by atoms with Crippen LogP contribution >= 0.6 is 0 Å². The molecule has 24 heavy (non-hydrogen) atoms. The molecule has 1 amide bonds. The summed E-state index contributed by atoms with van der Waals surface area (Å²) in [6.07, 6.45) is 3.75. The van der Waals surface area contributed by atoms with Gasteiger partial charge in [0.2, 0.25) is 0 Å². The summed E-state index contributed by atoms with van der Waals surface area (Å²) >= 11 is 0. The first kappa shape index (κ1) is 17.0. The molecule has 2 aliphatic rings. The fourth-order valence-electron chi connectivity index (χ4n) is 3.46. The van der Waals surface area contributed by atoms with Gasteiger partial charge in [0.05, 0.1) is 18.8 Å². The normalized spacial score (nSPS) is 19.9. The van der Waals surface area contributed by atoms with Gasteiger partial charge >= 0.3 is 0 Å². The lowest BCUT2D eigenvalue weighted by Crippen LogP contribution is -2.50. The first-order valence-electron chi connectivity index (χ1n) is 8.73. The highest BCUT2D eigenvalue weighted by atomic mass is 16.5. The highest BCUT2D eigenvalue weighted by molar-refractivity contribution is 5.97. The minimum Gasteiger partial charge on any atom is -0.489 e. The van der Waals surface area contributed by atoms with Crippen molar-refractivity contribution in [2.24, 2.45) is 0 Å². The highest BCUT2D eigenvalue weighted by Gasteiger charge is 2.29. The maximum absolute atomic E-state index is 12.9. The van der Waals surface area contributed by atoms with Crippen molar-refractivity contribution in [3.63, 3.8) is 0 Å². The number of nitrogens with zero attached hydrogens (tertiary/aromatic N) is 2. The molecule has 0 unspecified atom stereocenters. The number of ether oxygens (including phenoxy) is 2. The van der Waals surface area contributed by atoms with Crippen molar-refractivity contribution in [2.75, 3.05) is 46.0 Å². The van der Waals surface area contributed by atoms with Crippen molar-refractivity contribution in [3.05, 3.63) is 42.5 Å². The Balaban J connectivity index is 1.60. The molecule has 0 saturated carbocycles. The fourth-order valence-corrected chi connectivity index (χ4v) is 3.46. The Hall–Kier alpha value is -1.85. The molecule has 2 aliphatic heterocycles. The number of hydrogen-bond acceptors (Lipinski definition) is 4. The van der Waals surface area contributed by atoms with Crippen LogP contribution in [-0.2, 0) is 4.74 Å². The minimum atomic E-state index is 0.0649. The van der Waals surface area contributed by atoms with Crippen molar-refractivity contribution in [1.82, 2.24) is 9.80 Å². The molecule has 5 nitrogen and oxygen atoms in total. The molecule has 5 heteroatoms. The van der Waals surface area contributed by atoms with Crippen LogP contribution < -0.4 is 4.74 Å².